The van der Waals surface area contributed by atoms with Crippen molar-refractivity contribution in [1.29, 1.82) is 0 Å². The first-order chi connectivity index (χ1) is 9.31. The van der Waals surface area contributed by atoms with E-state index in [4.69, 9.17) is 4.74 Å². The number of H-pyrrole nitrogens is 1. The van der Waals surface area contributed by atoms with Crippen LogP contribution in [0.5, 0.6) is 5.75 Å². The monoisotopic (exact) mass is 250 g/mol. The maximum Gasteiger partial charge on any atom is 0.194 e. The molecule has 0 saturated heterocycles. The van der Waals surface area contributed by atoms with Crippen molar-refractivity contribution in [3.8, 4) is 17.0 Å². The minimum atomic E-state index is 0.0217. The maximum atomic E-state index is 12.6. The Morgan fingerprint density at radius 1 is 1.11 bits per heavy atom. The van der Waals surface area contributed by atoms with Crippen LogP contribution in [0.1, 0.15) is 15.9 Å². The lowest BCUT2D eigenvalue weighted by molar-refractivity contribution is 0.104. The highest BCUT2D eigenvalue weighted by Gasteiger charge is 2.29. The molecule has 92 valence electrons. The molecule has 0 unspecified atom stereocenters. The Labute approximate surface area is 109 Å². The Bertz CT molecular complexity index is 833. The summed E-state index contributed by atoms with van der Waals surface area (Å²) >= 11 is 0. The standard InChI is InChI=1S/C15H10N2O2/c1-19-11-7-3-5-9-13(11)14-12-8(15(9)18)4-2-6-10(12)16-17-14/h2-7H,1H3,(H,16,17). The Balaban J connectivity index is 2.23. The number of nitrogens with zero attached hydrogens (tertiary/aromatic N) is 1. The van der Waals surface area contributed by atoms with Gasteiger partial charge in [0.2, 0.25) is 0 Å². The highest BCUT2D eigenvalue weighted by molar-refractivity contribution is 6.25. The van der Waals surface area contributed by atoms with Crippen molar-refractivity contribution < 1.29 is 9.53 Å². The molecular formula is C15H10N2O2. The number of methoxy groups -OCH3 is 1. The van der Waals surface area contributed by atoms with Gasteiger partial charge >= 0.3 is 0 Å². The number of hydrogen-bond donors (Lipinski definition) is 1. The minimum Gasteiger partial charge on any atom is -0.496 e. The molecular weight excluding hydrogens is 240 g/mol. The molecule has 0 spiro atoms. The van der Waals surface area contributed by atoms with Crippen LogP contribution in [0.25, 0.3) is 22.2 Å². The fourth-order valence-electron chi connectivity index (χ4n) is 2.72. The van der Waals surface area contributed by atoms with Gasteiger partial charge < -0.3 is 4.74 Å². The van der Waals surface area contributed by atoms with Crippen molar-refractivity contribution in [2.75, 3.05) is 7.11 Å². The first kappa shape index (κ1) is 10.3. The predicted molar refractivity (Wildman–Crippen MR) is 71.5 cm³/mol. The number of ketones is 1. The number of benzene rings is 2. The zero-order valence-corrected chi connectivity index (χ0v) is 10.2. The fraction of sp³-hybridized carbons (Fsp3) is 0.0667. The second-order valence-electron chi connectivity index (χ2n) is 4.51. The zero-order chi connectivity index (χ0) is 13.0. The molecule has 0 amide bonds. The lowest BCUT2D eigenvalue weighted by atomic mass is 9.87. The molecule has 0 atom stereocenters. The Kier molecular flexibility index (Phi) is 1.87. The largest absolute Gasteiger partial charge is 0.496 e. The second-order valence-corrected chi connectivity index (χ2v) is 4.51. The molecule has 0 radical (unpaired) electrons. The summed E-state index contributed by atoms with van der Waals surface area (Å²) in [5, 5.41) is 8.21. The second kappa shape index (κ2) is 3.45. The lowest BCUT2D eigenvalue weighted by Crippen LogP contribution is -2.09. The number of aromatic nitrogens is 2. The van der Waals surface area contributed by atoms with Gasteiger partial charge in [-0.1, -0.05) is 24.3 Å². The van der Waals surface area contributed by atoms with Crippen molar-refractivity contribution >= 4 is 16.7 Å². The predicted octanol–water partition coefficient (Wildman–Crippen LogP) is 2.78. The van der Waals surface area contributed by atoms with Crippen LogP contribution in [0.15, 0.2) is 36.4 Å². The van der Waals surface area contributed by atoms with E-state index >= 15 is 0 Å². The van der Waals surface area contributed by atoms with Gasteiger partial charge in [-0.3, -0.25) is 9.89 Å². The van der Waals surface area contributed by atoms with Crippen LogP contribution in [-0.2, 0) is 0 Å². The first-order valence-corrected chi connectivity index (χ1v) is 6.00. The van der Waals surface area contributed by atoms with Gasteiger partial charge in [-0.15, -0.1) is 0 Å². The van der Waals surface area contributed by atoms with E-state index in [-0.39, 0.29) is 5.78 Å². The van der Waals surface area contributed by atoms with E-state index < -0.39 is 0 Å². The summed E-state index contributed by atoms with van der Waals surface area (Å²) in [7, 11) is 1.60. The lowest BCUT2D eigenvalue weighted by Gasteiger charge is -2.17. The van der Waals surface area contributed by atoms with Gasteiger partial charge in [0.25, 0.3) is 0 Å². The number of nitrogens with one attached hydrogen (secondary N) is 1. The van der Waals surface area contributed by atoms with Crippen LogP contribution in [-0.4, -0.2) is 23.1 Å². The maximum absolute atomic E-state index is 12.6. The van der Waals surface area contributed by atoms with Gasteiger partial charge in [-0.05, 0) is 12.1 Å². The third kappa shape index (κ3) is 1.18. The van der Waals surface area contributed by atoms with Gasteiger partial charge in [0, 0.05) is 16.5 Å². The van der Waals surface area contributed by atoms with E-state index in [9.17, 15) is 4.79 Å². The van der Waals surface area contributed by atoms with Crippen LogP contribution < -0.4 is 4.74 Å². The SMILES string of the molecule is COc1cccc2c1-c1n[nH]c3cccc(c13)C2=O. The summed E-state index contributed by atoms with van der Waals surface area (Å²) in [6.07, 6.45) is 0. The molecule has 0 aliphatic heterocycles. The smallest absolute Gasteiger partial charge is 0.194 e. The Morgan fingerprint density at radius 2 is 1.89 bits per heavy atom. The van der Waals surface area contributed by atoms with Gasteiger partial charge in [0.1, 0.15) is 11.4 Å². The molecule has 4 rings (SSSR count). The molecule has 1 aromatic heterocycles. The average Bonchev–Trinajstić information content (AvgIpc) is 2.88. The number of fused-ring (bicyclic) bond motifs is 2. The minimum absolute atomic E-state index is 0.0217. The van der Waals surface area contributed by atoms with Crippen LogP contribution in [0.3, 0.4) is 0 Å². The van der Waals surface area contributed by atoms with E-state index in [1.165, 1.54) is 0 Å². The Hall–Kier alpha value is -2.62. The number of aromatic amines is 1. The summed E-state index contributed by atoms with van der Waals surface area (Å²) in [4.78, 5) is 12.6. The summed E-state index contributed by atoms with van der Waals surface area (Å²) in [6, 6.07) is 11.1. The van der Waals surface area contributed by atoms with Crippen molar-refractivity contribution in [2.24, 2.45) is 0 Å². The van der Waals surface area contributed by atoms with Gasteiger partial charge in [0.05, 0.1) is 18.2 Å². The number of carbonyl (C=O) groups excluding carboxylic acids is 1. The molecule has 0 saturated carbocycles. The molecule has 2 aromatic carbocycles. The first-order valence-electron chi connectivity index (χ1n) is 6.00. The van der Waals surface area contributed by atoms with E-state index in [0.717, 1.165) is 22.2 Å². The number of rotatable bonds is 1. The molecule has 3 aromatic rings. The van der Waals surface area contributed by atoms with Crippen molar-refractivity contribution in [3.05, 3.63) is 47.5 Å². The summed E-state index contributed by atoms with van der Waals surface area (Å²) in [5.74, 6) is 0.696. The van der Waals surface area contributed by atoms with E-state index in [0.29, 0.717) is 16.9 Å². The Morgan fingerprint density at radius 3 is 2.74 bits per heavy atom. The molecule has 19 heavy (non-hydrogen) atoms. The van der Waals surface area contributed by atoms with Gasteiger partial charge in [-0.25, -0.2) is 0 Å². The van der Waals surface area contributed by atoms with E-state index in [1.54, 1.807) is 7.11 Å². The highest BCUT2D eigenvalue weighted by Crippen LogP contribution is 2.42. The molecule has 0 bridgehead atoms. The summed E-state index contributed by atoms with van der Waals surface area (Å²) in [6.45, 7) is 0. The van der Waals surface area contributed by atoms with Crippen molar-refractivity contribution in [1.82, 2.24) is 10.2 Å². The fourth-order valence-corrected chi connectivity index (χ4v) is 2.72. The number of ether oxygens (including phenoxy) is 1. The molecule has 4 heteroatoms. The van der Waals surface area contributed by atoms with Crippen LogP contribution >= 0.6 is 0 Å². The number of carbonyl (C=O) groups is 1. The number of hydrogen-bond acceptors (Lipinski definition) is 3. The highest BCUT2D eigenvalue weighted by atomic mass is 16.5. The average molecular weight is 250 g/mol. The van der Waals surface area contributed by atoms with Crippen LogP contribution in [0.4, 0.5) is 0 Å². The molecule has 1 heterocycles. The van der Waals surface area contributed by atoms with Gasteiger partial charge in [0.15, 0.2) is 5.78 Å². The summed E-state index contributed by atoms with van der Waals surface area (Å²) < 4.78 is 5.37. The molecule has 1 N–H and O–H groups in total. The molecule has 0 fully saturated rings. The quantitative estimate of drug-likeness (QED) is 0.565. The molecule has 4 nitrogen and oxygen atoms in total. The summed E-state index contributed by atoms with van der Waals surface area (Å²) in [5.41, 5.74) is 3.78. The molecule has 1 aliphatic rings. The van der Waals surface area contributed by atoms with E-state index in [1.807, 2.05) is 36.4 Å². The zero-order valence-electron chi connectivity index (χ0n) is 10.2. The third-order valence-electron chi connectivity index (χ3n) is 3.56. The van der Waals surface area contributed by atoms with Crippen molar-refractivity contribution in [3.63, 3.8) is 0 Å². The topological polar surface area (TPSA) is 55.0 Å². The van der Waals surface area contributed by atoms with E-state index in [2.05, 4.69) is 10.2 Å². The molecule has 1 aliphatic carbocycles. The van der Waals surface area contributed by atoms with Crippen LogP contribution in [0.2, 0.25) is 0 Å². The van der Waals surface area contributed by atoms with Crippen molar-refractivity contribution in [2.45, 2.75) is 0 Å². The van der Waals surface area contributed by atoms with Gasteiger partial charge in [-0.2, -0.15) is 5.10 Å². The third-order valence-corrected chi connectivity index (χ3v) is 3.56. The van der Waals surface area contributed by atoms with Crippen LogP contribution in [0, 0.1) is 0 Å². The normalized spacial score (nSPS) is 12.6.